The number of rotatable bonds is 4. The summed E-state index contributed by atoms with van der Waals surface area (Å²) in [6, 6.07) is -0.682. The van der Waals surface area contributed by atoms with Crippen molar-refractivity contribution in [2.45, 2.75) is 57.0 Å². The maximum absolute atomic E-state index is 12.4. The van der Waals surface area contributed by atoms with Gasteiger partial charge in [-0.2, -0.15) is 0 Å². The van der Waals surface area contributed by atoms with Crippen molar-refractivity contribution in [1.29, 1.82) is 0 Å². The summed E-state index contributed by atoms with van der Waals surface area (Å²) >= 11 is 0. The molecule has 0 bridgehead atoms. The third-order valence-electron chi connectivity index (χ3n) is 4.71. The number of nitrogens with one attached hydrogen (secondary N) is 1. The highest BCUT2D eigenvalue weighted by Crippen LogP contribution is 2.19. The Morgan fingerprint density at radius 3 is 2.26 bits per heavy atom. The SMILES string of the molecule is CNC(=O)[C@@H]1C[C@@H](N)CN1C(=O)CCC(=O)N1CCCCCC1. The van der Waals surface area contributed by atoms with Gasteiger partial charge in [-0.1, -0.05) is 12.8 Å². The Hall–Kier alpha value is -1.63. The molecule has 2 fully saturated rings. The molecule has 2 saturated heterocycles. The Morgan fingerprint density at radius 2 is 1.65 bits per heavy atom. The summed E-state index contributed by atoms with van der Waals surface area (Å²) in [6.45, 7) is 1.97. The van der Waals surface area contributed by atoms with Gasteiger partial charge in [-0.25, -0.2) is 0 Å². The molecular formula is C16H28N4O3. The standard InChI is InChI=1S/C16H28N4O3/c1-18-16(23)13-10-12(17)11-20(13)15(22)7-6-14(21)19-8-4-2-3-5-9-19/h12-13H,2-11,17H2,1H3,(H,18,23)/t12-,13+/m1/s1. The quantitative estimate of drug-likeness (QED) is 0.751. The molecule has 0 aromatic heterocycles. The number of hydrogen-bond donors (Lipinski definition) is 2. The molecule has 23 heavy (non-hydrogen) atoms. The van der Waals surface area contributed by atoms with E-state index in [1.165, 1.54) is 17.7 Å². The zero-order valence-corrected chi connectivity index (χ0v) is 13.9. The van der Waals surface area contributed by atoms with Gasteiger partial charge < -0.3 is 20.9 Å². The van der Waals surface area contributed by atoms with Crippen molar-refractivity contribution in [3.05, 3.63) is 0 Å². The maximum atomic E-state index is 12.4. The molecule has 0 aliphatic carbocycles. The fraction of sp³-hybridized carbons (Fsp3) is 0.812. The lowest BCUT2D eigenvalue weighted by Crippen LogP contribution is -2.45. The molecule has 3 N–H and O–H groups in total. The van der Waals surface area contributed by atoms with Crippen LogP contribution in [0.3, 0.4) is 0 Å². The number of likely N-dealkylation sites (N-methyl/N-ethyl adjacent to an activating group) is 1. The van der Waals surface area contributed by atoms with Gasteiger partial charge in [-0.15, -0.1) is 0 Å². The van der Waals surface area contributed by atoms with Crippen LogP contribution in [-0.2, 0) is 14.4 Å². The molecular weight excluding hydrogens is 296 g/mol. The molecule has 0 spiro atoms. The van der Waals surface area contributed by atoms with Crippen LogP contribution >= 0.6 is 0 Å². The Kier molecular flexibility index (Phi) is 6.38. The second-order valence-corrected chi connectivity index (χ2v) is 6.47. The summed E-state index contributed by atoms with van der Waals surface area (Å²) in [4.78, 5) is 39.9. The Bertz CT molecular complexity index is 447. The van der Waals surface area contributed by atoms with Gasteiger partial charge >= 0.3 is 0 Å². The van der Waals surface area contributed by atoms with E-state index in [4.69, 9.17) is 5.73 Å². The molecule has 0 saturated carbocycles. The van der Waals surface area contributed by atoms with E-state index in [0.29, 0.717) is 13.0 Å². The van der Waals surface area contributed by atoms with Crippen LogP contribution in [0.15, 0.2) is 0 Å². The van der Waals surface area contributed by atoms with Gasteiger partial charge in [0.05, 0.1) is 0 Å². The lowest BCUT2D eigenvalue weighted by molar-refractivity contribution is -0.140. The Morgan fingerprint density at radius 1 is 1.04 bits per heavy atom. The summed E-state index contributed by atoms with van der Waals surface area (Å²) in [7, 11) is 1.55. The fourth-order valence-corrected chi connectivity index (χ4v) is 3.39. The first-order chi connectivity index (χ1) is 11.0. The number of hydrogen-bond acceptors (Lipinski definition) is 4. The number of likely N-dealkylation sites (tertiary alicyclic amines) is 2. The van der Waals surface area contributed by atoms with E-state index >= 15 is 0 Å². The first-order valence-electron chi connectivity index (χ1n) is 8.57. The number of amides is 3. The maximum Gasteiger partial charge on any atom is 0.242 e. The van der Waals surface area contributed by atoms with Crippen LogP contribution in [0.2, 0.25) is 0 Å². The molecule has 2 atom stereocenters. The molecule has 7 heteroatoms. The van der Waals surface area contributed by atoms with Gasteiger partial charge in [0.25, 0.3) is 0 Å². The van der Waals surface area contributed by atoms with E-state index in [1.807, 2.05) is 4.90 Å². The van der Waals surface area contributed by atoms with Crippen molar-refractivity contribution in [3.63, 3.8) is 0 Å². The van der Waals surface area contributed by atoms with E-state index in [0.717, 1.165) is 25.9 Å². The normalized spacial score (nSPS) is 25.1. The zero-order chi connectivity index (χ0) is 16.8. The number of carbonyl (C=O) groups is 3. The molecule has 2 heterocycles. The molecule has 0 aromatic carbocycles. The lowest BCUT2D eigenvalue weighted by Gasteiger charge is -2.24. The average Bonchev–Trinajstić information content (AvgIpc) is 2.77. The minimum absolute atomic E-state index is 0.0419. The first-order valence-corrected chi connectivity index (χ1v) is 8.57. The lowest BCUT2D eigenvalue weighted by atomic mass is 10.1. The molecule has 2 rings (SSSR count). The van der Waals surface area contributed by atoms with Gasteiger partial charge in [0.2, 0.25) is 17.7 Å². The molecule has 130 valence electrons. The van der Waals surface area contributed by atoms with Crippen LogP contribution in [0.1, 0.15) is 44.9 Å². The third kappa shape index (κ3) is 4.67. The topological polar surface area (TPSA) is 95.7 Å². The summed E-state index contributed by atoms with van der Waals surface area (Å²) in [5, 5.41) is 2.57. The minimum atomic E-state index is -0.504. The average molecular weight is 324 g/mol. The van der Waals surface area contributed by atoms with Crippen LogP contribution in [0, 0.1) is 0 Å². The second kappa shape index (κ2) is 8.29. The van der Waals surface area contributed by atoms with Crippen molar-refractivity contribution in [1.82, 2.24) is 15.1 Å². The van der Waals surface area contributed by atoms with Crippen LogP contribution in [0.4, 0.5) is 0 Å². The largest absolute Gasteiger partial charge is 0.357 e. The highest BCUT2D eigenvalue weighted by molar-refractivity contribution is 5.90. The van der Waals surface area contributed by atoms with Crippen LogP contribution in [0.5, 0.6) is 0 Å². The van der Waals surface area contributed by atoms with Gasteiger partial charge in [0, 0.05) is 45.6 Å². The minimum Gasteiger partial charge on any atom is -0.357 e. The zero-order valence-electron chi connectivity index (χ0n) is 13.9. The van der Waals surface area contributed by atoms with E-state index in [-0.39, 0.29) is 36.6 Å². The number of nitrogens with zero attached hydrogens (tertiary/aromatic N) is 2. The summed E-state index contributed by atoms with van der Waals surface area (Å²) in [5.74, 6) is -0.305. The van der Waals surface area contributed by atoms with Gasteiger partial charge in [0.15, 0.2) is 0 Å². The molecule has 0 aromatic rings. The monoisotopic (exact) mass is 324 g/mol. The van der Waals surface area contributed by atoms with Crippen molar-refractivity contribution >= 4 is 17.7 Å². The van der Waals surface area contributed by atoms with Crippen LogP contribution in [-0.4, -0.2) is 66.3 Å². The molecule has 3 amide bonds. The van der Waals surface area contributed by atoms with Crippen LogP contribution in [0.25, 0.3) is 0 Å². The Labute approximate surface area is 137 Å². The molecule has 2 aliphatic rings. The number of carbonyl (C=O) groups excluding carboxylic acids is 3. The van der Waals surface area contributed by atoms with E-state index in [9.17, 15) is 14.4 Å². The fourth-order valence-electron chi connectivity index (χ4n) is 3.39. The van der Waals surface area contributed by atoms with Gasteiger partial charge in [-0.05, 0) is 19.3 Å². The third-order valence-corrected chi connectivity index (χ3v) is 4.71. The van der Waals surface area contributed by atoms with Crippen molar-refractivity contribution in [2.75, 3.05) is 26.7 Å². The van der Waals surface area contributed by atoms with Crippen molar-refractivity contribution < 1.29 is 14.4 Å². The van der Waals surface area contributed by atoms with Crippen LogP contribution < -0.4 is 11.1 Å². The van der Waals surface area contributed by atoms with Gasteiger partial charge in [-0.3, -0.25) is 14.4 Å². The number of nitrogens with two attached hydrogens (primary N) is 1. The first kappa shape index (κ1) is 17.7. The molecule has 2 aliphatic heterocycles. The van der Waals surface area contributed by atoms with E-state index < -0.39 is 6.04 Å². The van der Waals surface area contributed by atoms with E-state index in [2.05, 4.69) is 5.32 Å². The van der Waals surface area contributed by atoms with Crippen molar-refractivity contribution in [2.24, 2.45) is 5.73 Å². The summed E-state index contributed by atoms with van der Waals surface area (Å²) in [5.41, 5.74) is 5.89. The highest BCUT2D eigenvalue weighted by Gasteiger charge is 2.37. The predicted molar refractivity (Wildman–Crippen MR) is 86.4 cm³/mol. The summed E-state index contributed by atoms with van der Waals surface area (Å²) in [6.07, 6.45) is 5.26. The highest BCUT2D eigenvalue weighted by atomic mass is 16.2. The molecule has 0 unspecified atom stereocenters. The molecule has 0 radical (unpaired) electrons. The van der Waals surface area contributed by atoms with Crippen molar-refractivity contribution in [3.8, 4) is 0 Å². The van der Waals surface area contributed by atoms with Gasteiger partial charge in [0.1, 0.15) is 6.04 Å². The summed E-state index contributed by atoms with van der Waals surface area (Å²) < 4.78 is 0. The Balaban J connectivity index is 1.85. The van der Waals surface area contributed by atoms with E-state index in [1.54, 1.807) is 7.05 Å². The predicted octanol–water partition coefficient (Wildman–Crippen LogP) is -0.157. The second-order valence-electron chi connectivity index (χ2n) is 6.47. The smallest absolute Gasteiger partial charge is 0.242 e. The molecule has 7 nitrogen and oxygen atoms in total.